The molecule has 0 radical (unpaired) electrons. The Morgan fingerprint density at radius 3 is 2.71 bits per heavy atom. The molecule has 0 unspecified atom stereocenters. The van der Waals surface area contributed by atoms with Gasteiger partial charge in [-0.15, -0.1) is 0 Å². The van der Waals surface area contributed by atoms with Crippen molar-refractivity contribution >= 4 is 23.2 Å². The maximum absolute atomic E-state index is 12.9. The van der Waals surface area contributed by atoms with Crippen LogP contribution in [0.1, 0.15) is 6.92 Å². The first-order chi connectivity index (χ1) is 11.4. The van der Waals surface area contributed by atoms with Crippen molar-refractivity contribution in [2.75, 3.05) is 12.0 Å². The summed E-state index contributed by atoms with van der Waals surface area (Å²) >= 11 is 0. The predicted molar refractivity (Wildman–Crippen MR) is 81.5 cm³/mol. The fourth-order valence-electron chi connectivity index (χ4n) is 3.85. The molecule has 4 rings (SSSR count). The Balaban J connectivity index is 1.78. The van der Waals surface area contributed by atoms with E-state index in [0.717, 1.165) is 4.90 Å². The SMILES string of the molecule is COc1cc([N+](=O)[O-])ccc1N1C(=O)[C@@H]2[C@@H]3C=C[C@](C)(O3)[C@H]2C1=O. The summed E-state index contributed by atoms with van der Waals surface area (Å²) < 4.78 is 10.9. The molecule has 8 nitrogen and oxygen atoms in total. The number of methoxy groups -OCH3 is 1. The average Bonchev–Trinajstić information content (AvgIpc) is 3.16. The average molecular weight is 330 g/mol. The monoisotopic (exact) mass is 330 g/mol. The minimum absolute atomic E-state index is 0.109. The summed E-state index contributed by atoms with van der Waals surface area (Å²) in [5.74, 6) is -1.77. The molecule has 0 N–H and O–H groups in total. The summed E-state index contributed by atoms with van der Waals surface area (Å²) in [5, 5.41) is 10.9. The summed E-state index contributed by atoms with van der Waals surface area (Å²) in [6, 6.07) is 3.82. The van der Waals surface area contributed by atoms with Gasteiger partial charge in [0.05, 0.1) is 47.3 Å². The van der Waals surface area contributed by atoms with Crippen LogP contribution in [0.25, 0.3) is 0 Å². The van der Waals surface area contributed by atoms with E-state index in [0.29, 0.717) is 0 Å². The Bertz CT molecular complexity index is 819. The molecule has 1 aromatic rings. The highest BCUT2D eigenvalue weighted by Gasteiger charge is 2.66. The normalized spacial score (nSPS) is 33.2. The highest BCUT2D eigenvalue weighted by molar-refractivity contribution is 6.24. The molecule has 2 amide bonds. The number of nitrogens with zero attached hydrogens (tertiary/aromatic N) is 2. The molecule has 124 valence electrons. The van der Waals surface area contributed by atoms with Gasteiger partial charge in [-0.2, -0.15) is 0 Å². The molecular formula is C16H14N2O6. The van der Waals surface area contributed by atoms with Crippen LogP contribution in [-0.4, -0.2) is 35.6 Å². The van der Waals surface area contributed by atoms with Gasteiger partial charge < -0.3 is 9.47 Å². The Labute approximate surface area is 136 Å². The molecule has 4 atom stereocenters. The van der Waals surface area contributed by atoms with Crippen LogP contribution in [0, 0.1) is 22.0 Å². The first kappa shape index (κ1) is 14.8. The molecule has 2 bridgehead atoms. The van der Waals surface area contributed by atoms with E-state index in [4.69, 9.17) is 9.47 Å². The Hall–Kier alpha value is -2.74. The van der Waals surface area contributed by atoms with Crippen LogP contribution >= 0.6 is 0 Å². The van der Waals surface area contributed by atoms with Gasteiger partial charge in [-0.25, -0.2) is 4.90 Å². The number of hydrogen-bond acceptors (Lipinski definition) is 6. The number of nitro groups is 1. The number of carbonyl (C=O) groups is 2. The molecule has 3 heterocycles. The van der Waals surface area contributed by atoms with Gasteiger partial charge in [0.15, 0.2) is 0 Å². The van der Waals surface area contributed by atoms with Crippen LogP contribution in [0.4, 0.5) is 11.4 Å². The Kier molecular flexibility index (Phi) is 2.86. The maximum atomic E-state index is 12.9. The van der Waals surface area contributed by atoms with Crippen molar-refractivity contribution in [1.82, 2.24) is 0 Å². The number of anilines is 1. The molecular weight excluding hydrogens is 316 g/mol. The lowest BCUT2D eigenvalue weighted by Crippen LogP contribution is -2.38. The van der Waals surface area contributed by atoms with Crippen molar-refractivity contribution in [3.8, 4) is 5.75 Å². The summed E-state index contributed by atoms with van der Waals surface area (Å²) in [6.45, 7) is 1.79. The zero-order valence-electron chi connectivity index (χ0n) is 13.0. The van der Waals surface area contributed by atoms with Crippen LogP contribution < -0.4 is 9.64 Å². The maximum Gasteiger partial charge on any atom is 0.273 e. The Morgan fingerprint density at radius 1 is 1.33 bits per heavy atom. The van der Waals surface area contributed by atoms with Gasteiger partial charge in [0.1, 0.15) is 5.75 Å². The number of imide groups is 1. The van der Waals surface area contributed by atoms with Crippen molar-refractivity contribution in [3.05, 3.63) is 40.5 Å². The molecule has 2 saturated heterocycles. The molecule has 3 aliphatic rings. The van der Waals surface area contributed by atoms with Gasteiger partial charge in [0.2, 0.25) is 11.8 Å². The second-order valence-corrected chi connectivity index (χ2v) is 6.25. The molecule has 2 fully saturated rings. The molecule has 1 aromatic carbocycles. The molecule has 0 aromatic heterocycles. The van der Waals surface area contributed by atoms with Gasteiger partial charge in [-0.3, -0.25) is 19.7 Å². The third-order valence-electron chi connectivity index (χ3n) is 4.94. The van der Waals surface area contributed by atoms with Crippen LogP contribution in [0.15, 0.2) is 30.4 Å². The molecule has 3 aliphatic heterocycles. The molecule has 8 heteroatoms. The quantitative estimate of drug-likeness (QED) is 0.360. The van der Waals surface area contributed by atoms with Gasteiger partial charge in [0, 0.05) is 6.07 Å². The van der Waals surface area contributed by atoms with Crippen molar-refractivity contribution in [2.45, 2.75) is 18.6 Å². The highest BCUT2D eigenvalue weighted by Crippen LogP contribution is 2.53. The van der Waals surface area contributed by atoms with Crippen molar-refractivity contribution in [1.29, 1.82) is 0 Å². The zero-order chi connectivity index (χ0) is 17.2. The van der Waals surface area contributed by atoms with Gasteiger partial charge in [-0.1, -0.05) is 12.2 Å². The first-order valence-electron chi connectivity index (χ1n) is 7.45. The summed E-state index contributed by atoms with van der Waals surface area (Å²) in [5.41, 5.74) is -0.743. The van der Waals surface area contributed by atoms with Crippen molar-refractivity contribution in [3.63, 3.8) is 0 Å². The molecule has 0 saturated carbocycles. The van der Waals surface area contributed by atoms with E-state index in [-0.39, 0.29) is 28.9 Å². The first-order valence-corrected chi connectivity index (χ1v) is 7.45. The molecule has 0 aliphatic carbocycles. The van der Waals surface area contributed by atoms with Gasteiger partial charge >= 0.3 is 0 Å². The van der Waals surface area contributed by atoms with Crippen LogP contribution in [0.5, 0.6) is 5.75 Å². The number of fused-ring (bicyclic) bond motifs is 5. The number of non-ortho nitro benzene ring substituents is 1. The second-order valence-electron chi connectivity index (χ2n) is 6.25. The summed E-state index contributed by atoms with van der Waals surface area (Å²) in [6.07, 6.45) is 3.22. The number of benzene rings is 1. The minimum atomic E-state index is -0.787. The third kappa shape index (κ3) is 1.71. The fourth-order valence-corrected chi connectivity index (χ4v) is 3.85. The fraction of sp³-hybridized carbons (Fsp3) is 0.375. The summed E-state index contributed by atoms with van der Waals surface area (Å²) in [7, 11) is 1.34. The van der Waals surface area contributed by atoms with E-state index < -0.39 is 28.5 Å². The number of carbonyl (C=O) groups excluding carboxylic acids is 2. The van der Waals surface area contributed by atoms with Gasteiger partial charge in [0.25, 0.3) is 5.69 Å². The van der Waals surface area contributed by atoms with E-state index in [1.54, 1.807) is 6.92 Å². The van der Waals surface area contributed by atoms with E-state index in [2.05, 4.69) is 0 Å². The van der Waals surface area contributed by atoms with Crippen LogP contribution in [-0.2, 0) is 14.3 Å². The topological polar surface area (TPSA) is 99.0 Å². The molecule has 24 heavy (non-hydrogen) atoms. The van der Waals surface area contributed by atoms with E-state index in [1.807, 2.05) is 12.2 Å². The third-order valence-corrected chi connectivity index (χ3v) is 4.94. The van der Waals surface area contributed by atoms with Crippen molar-refractivity contribution in [2.24, 2.45) is 11.8 Å². The number of rotatable bonds is 3. The lowest BCUT2D eigenvalue weighted by Gasteiger charge is -2.24. The second kappa shape index (κ2) is 4.64. The molecule has 0 spiro atoms. The number of nitro benzene ring substituents is 1. The zero-order valence-corrected chi connectivity index (χ0v) is 13.0. The highest BCUT2D eigenvalue weighted by atomic mass is 16.6. The lowest BCUT2D eigenvalue weighted by molar-refractivity contribution is -0.384. The predicted octanol–water partition coefficient (Wildman–Crippen LogP) is 1.44. The smallest absolute Gasteiger partial charge is 0.273 e. The largest absolute Gasteiger partial charge is 0.494 e. The summed E-state index contributed by atoms with van der Waals surface area (Å²) in [4.78, 5) is 37.1. The van der Waals surface area contributed by atoms with E-state index in [9.17, 15) is 19.7 Å². The van der Waals surface area contributed by atoms with Crippen LogP contribution in [0.3, 0.4) is 0 Å². The number of ether oxygens (including phenoxy) is 2. The Morgan fingerprint density at radius 2 is 2.08 bits per heavy atom. The van der Waals surface area contributed by atoms with Crippen LogP contribution in [0.2, 0.25) is 0 Å². The van der Waals surface area contributed by atoms with Gasteiger partial charge in [-0.05, 0) is 13.0 Å². The standard InChI is InChI=1S/C16H14N2O6/c1-16-6-5-10(24-16)12-13(16)15(20)17(14(12)19)9-4-3-8(18(21)22)7-11(9)23-2/h3-7,10,12-13H,1-2H3/t10-,12+,13+,16-/m0/s1. The van der Waals surface area contributed by atoms with Crippen molar-refractivity contribution < 1.29 is 24.0 Å². The van der Waals surface area contributed by atoms with E-state index >= 15 is 0 Å². The van der Waals surface area contributed by atoms with E-state index in [1.165, 1.54) is 25.3 Å². The number of amides is 2. The lowest BCUT2D eigenvalue weighted by atomic mass is 9.78. The number of hydrogen-bond donors (Lipinski definition) is 0. The minimum Gasteiger partial charge on any atom is -0.494 e.